The maximum absolute atomic E-state index is 11.1. The number of benzene rings is 2. The van der Waals surface area contributed by atoms with Crippen LogP contribution in [0.5, 0.6) is 0 Å². The Kier molecular flexibility index (Phi) is 4.44. The van der Waals surface area contributed by atoms with E-state index in [1.807, 2.05) is 0 Å². The van der Waals surface area contributed by atoms with Crippen molar-refractivity contribution in [2.24, 2.45) is 0 Å². The van der Waals surface area contributed by atoms with Crippen LogP contribution < -0.4 is 5.32 Å². The molecule has 0 aromatic heterocycles. The van der Waals surface area contributed by atoms with Crippen LogP contribution in [0.15, 0.2) is 40.9 Å². The van der Waals surface area contributed by atoms with Crippen LogP contribution in [0.25, 0.3) is 0 Å². The topological polar surface area (TPSA) is 92.5 Å². The Labute approximate surface area is 132 Å². The van der Waals surface area contributed by atoms with Gasteiger partial charge in [-0.25, -0.2) is 4.79 Å². The molecule has 0 unspecified atom stereocenters. The zero-order chi connectivity index (χ0) is 15.6. The minimum atomic E-state index is -1.36. The summed E-state index contributed by atoms with van der Waals surface area (Å²) in [7, 11) is 0. The lowest BCUT2D eigenvalue weighted by atomic mass is 10.1. The van der Waals surface area contributed by atoms with E-state index in [9.17, 15) is 14.9 Å². The highest BCUT2D eigenvalue weighted by Crippen LogP contribution is 2.29. The third-order valence-electron chi connectivity index (χ3n) is 2.63. The van der Waals surface area contributed by atoms with Gasteiger partial charge in [-0.1, -0.05) is 11.6 Å². The Morgan fingerprint density at radius 2 is 1.86 bits per heavy atom. The number of carboxylic acid groups (broad SMARTS) is 1. The summed E-state index contributed by atoms with van der Waals surface area (Å²) in [6.07, 6.45) is 0. The molecule has 2 aromatic carbocycles. The summed E-state index contributed by atoms with van der Waals surface area (Å²) in [5.41, 5.74) is 0.208. The summed E-state index contributed by atoms with van der Waals surface area (Å²) in [6.45, 7) is 0. The summed E-state index contributed by atoms with van der Waals surface area (Å²) >= 11 is 9.22. The number of carboxylic acids is 1. The molecule has 108 valence electrons. The highest BCUT2D eigenvalue weighted by molar-refractivity contribution is 9.10. The van der Waals surface area contributed by atoms with Crippen molar-refractivity contribution in [1.82, 2.24) is 0 Å². The minimum Gasteiger partial charge on any atom is -0.477 e. The van der Waals surface area contributed by atoms with E-state index >= 15 is 0 Å². The molecule has 2 rings (SSSR count). The summed E-state index contributed by atoms with van der Waals surface area (Å²) < 4.78 is 0.727. The van der Waals surface area contributed by atoms with Gasteiger partial charge < -0.3 is 10.4 Å². The van der Waals surface area contributed by atoms with E-state index in [0.29, 0.717) is 16.4 Å². The molecule has 0 aliphatic carbocycles. The molecule has 0 bridgehead atoms. The van der Waals surface area contributed by atoms with Gasteiger partial charge in [0.1, 0.15) is 5.56 Å². The minimum absolute atomic E-state index is 0.381. The van der Waals surface area contributed by atoms with E-state index in [1.54, 1.807) is 18.2 Å². The van der Waals surface area contributed by atoms with Gasteiger partial charge in [0.15, 0.2) is 0 Å². The molecule has 0 heterocycles. The van der Waals surface area contributed by atoms with Crippen molar-refractivity contribution in [3.05, 3.63) is 61.6 Å². The third kappa shape index (κ3) is 3.50. The smallest absolute Gasteiger partial charge is 0.342 e. The number of nitrogens with zero attached hydrogens (tertiary/aromatic N) is 1. The summed E-state index contributed by atoms with van der Waals surface area (Å²) in [6, 6.07) is 8.89. The number of carbonyl (C=O) groups is 1. The molecule has 0 aliphatic rings. The quantitative estimate of drug-likeness (QED) is 0.612. The second-order valence-corrected chi connectivity index (χ2v) is 5.31. The molecule has 0 saturated carbocycles. The van der Waals surface area contributed by atoms with Crippen molar-refractivity contribution in [3.63, 3.8) is 0 Å². The molecule has 0 radical (unpaired) electrons. The van der Waals surface area contributed by atoms with Gasteiger partial charge in [0.05, 0.1) is 9.95 Å². The summed E-state index contributed by atoms with van der Waals surface area (Å²) in [4.78, 5) is 21.1. The first-order chi connectivity index (χ1) is 9.88. The Morgan fingerprint density at radius 1 is 1.24 bits per heavy atom. The van der Waals surface area contributed by atoms with Crippen molar-refractivity contribution in [3.8, 4) is 0 Å². The maximum Gasteiger partial charge on any atom is 0.342 e. The molecule has 21 heavy (non-hydrogen) atoms. The van der Waals surface area contributed by atoms with Crippen LogP contribution in [0.3, 0.4) is 0 Å². The lowest BCUT2D eigenvalue weighted by Crippen LogP contribution is -2.03. The lowest BCUT2D eigenvalue weighted by Gasteiger charge is -2.08. The largest absolute Gasteiger partial charge is 0.477 e. The van der Waals surface area contributed by atoms with Crippen molar-refractivity contribution in [1.29, 1.82) is 0 Å². The highest BCUT2D eigenvalue weighted by atomic mass is 79.9. The van der Waals surface area contributed by atoms with E-state index in [2.05, 4.69) is 21.2 Å². The van der Waals surface area contributed by atoms with Crippen LogP contribution in [-0.4, -0.2) is 16.0 Å². The molecule has 0 fully saturated rings. The van der Waals surface area contributed by atoms with Gasteiger partial charge in [0, 0.05) is 21.9 Å². The van der Waals surface area contributed by atoms with E-state index in [-0.39, 0.29) is 5.56 Å². The monoisotopic (exact) mass is 370 g/mol. The first-order valence-electron chi connectivity index (χ1n) is 5.62. The normalized spacial score (nSPS) is 10.2. The van der Waals surface area contributed by atoms with Crippen LogP contribution in [-0.2, 0) is 0 Å². The van der Waals surface area contributed by atoms with Crippen molar-refractivity contribution >= 4 is 50.6 Å². The first kappa shape index (κ1) is 15.3. The molecular formula is C13H8BrClN2O4. The van der Waals surface area contributed by atoms with E-state index in [4.69, 9.17) is 16.7 Å². The Bertz CT molecular complexity index is 736. The Morgan fingerprint density at radius 3 is 2.43 bits per heavy atom. The number of anilines is 2. The second kappa shape index (κ2) is 6.11. The summed E-state index contributed by atoms with van der Waals surface area (Å²) in [5, 5.41) is 23.2. The summed E-state index contributed by atoms with van der Waals surface area (Å²) in [5.74, 6) is -1.36. The lowest BCUT2D eigenvalue weighted by molar-refractivity contribution is -0.385. The van der Waals surface area contributed by atoms with Gasteiger partial charge in [-0.2, -0.15) is 0 Å². The van der Waals surface area contributed by atoms with E-state index in [0.717, 1.165) is 10.5 Å². The number of nitro groups is 1. The van der Waals surface area contributed by atoms with Gasteiger partial charge in [0.25, 0.3) is 5.69 Å². The molecule has 0 atom stereocenters. The number of halogens is 2. The maximum atomic E-state index is 11.1. The predicted molar refractivity (Wildman–Crippen MR) is 82.5 cm³/mol. The average Bonchev–Trinajstić information content (AvgIpc) is 2.42. The van der Waals surface area contributed by atoms with Gasteiger partial charge in [-0.15, -0.1) is 0 Å². The molecule has 2 aromatic rings. The number of hydrogen-bond acceptors (Lipinski definition) is 4. The predicted octanol–water partition coefficient (Wildman–Crippen LogP) is 4.45. The fourth-order valence-electron chi connectivity index (χ4n) is 1.68. The van der Waals surface area contributed by atoms with Crippen LogP contribution in [0.4, 0.5) is 17.1 Å². The molecule has 8 heteroatoms. The second-order valence-electron chi connectivity index (χ2n) is 4.05. The zero-order valence-corrected chi connectivity index (χ0v) is 12.7. The fourth-order valence-corrected chi connectivity index (χ4v) is 2.11. The van der Waals surface area contributed by atoms with Crippen LogP contribution in [0.1, 0.15) is 10.4 Å². The number of nitro benzene ring substituents is 1. The fraction of sp³-hybridized carbons (Fsp3) is 0. The van der Waals surface area contributed by atoms with Crippen LogP contribution in [0.2, 0.25) is 5.02 Å². The molecule has 0 aliphatic heterocycles. The molecule has 0 spiro atoms. The van der Waals surface area contributed by atoms with Crippen LogP contribution in [0, 0.1) is 10.1 Å². The molecule has 6 nitrogen and oxygen atoms in total. The molecule has 2 N–H and O–H groups in total. The van der Waals surface area contributed by atoms with Gasteiger partial charge in [-0.05, 0) is 46.3 Å². The van der Waals surface area contributed by atoms with Gasteiger partial charge in [0.2, 0.25) is 0 Å². The molecular weight excluding hydrogens is 364 g/mol. The van der Waals surface area contributed by atoms with Crippen molar-refractivity contribution < 1.29 is 14.8 Å². The van der Waals surface area contributed by atoms with Crippen molar-refractivity contribution in [2.45, 2.75) is 0 Å². The van der Waals surface area contributed by atoms with Crippen LogP contribution >= 0.6 is 27.5 Å². The average molecular weight is 372 g/mol. The van der Waals surface area contributed by atoms with Gasteiger partial charge >= 0.3 is 5.97 Å². The Hall–Kier alpha value is -2.12. The molecule has 0 saturated heterocycles. The third-order valence-corrected chi connectivity index (χ3v) is 3.86. The number of hydrogen-bond donors (Lipinski definition) is 2. The van der Waals surface area contributed by atoms with E-state index < -0.39 is 16.6 Å². The standard InChI is InChI=1S/C13H8BrClN2O4/c14-10-3-1-8(6-11(10)15)16-7-2-4-12(17(20)21)9(5-7)13(18)19/h1-6,16H,(H,18,19). The number of aromatic carboxylic acids is 1. The Balaban J connectivity index is 2.36. The number of rotatable bonds is 4. The first-order valence-corrected chi connectivity index (χ1v) is 6.79. The van der Waals surface area contributed by atoms with Crippen molar-refractivity contribution in [2.75, 3.05) is 5.32 Å². The zero-order valence-electron chi connectivity index (χ0n) is 10.3. The molecule has 0 amide bonds. The number of nitrogens with one attached hydrogen (secondary N) is 1. The van der Waals surface area contributed by atoms with Gasteiger partial charge in [-0.3, -0.25) is 10.1 Å². The highest BCUT2D eigenvalue weighted by Gasteiger charge is 2.19. The van der Waals surface area contributed by atoms with E-state index in [1.165, 1.54) is 12.1 Å². The SMILES string of the molecule is O=C(O)c1cc(Nc2ccc(Br)c(Cl)c2)ccc1[N+](=O)[O-].